The number of hydrogen-bond donors (Lipinski definition) is 0. The van der Waals surface area contributed by atoms with Crippen LogP contribution in [0.15, 0.2) is 225 Å². The van der Waals surface area contributed by atoms with Crippen molar-refractivity contribution in [1.82, 2.24) is 15.0 Å². The first-order valence-electron chi connectivity index (χ1n) is 23.0. The predicted octanol–water partition coefficient (Wildman–Crippen LogP) is 15.7. The highest BCUT2D eigenvalue weighted by atomic mass is 14.7. The maximum atomic E-state index is 4.90. The van der Waals surface area contributed by atoms with E-state index in [0.717, 1.165) is 65.0 Å². The first kappa shape index (κ1) is 42.0. The van der Waals surface area contributed by atoms with E-state index in [1.165, 1.54) is 72.3 Å². The third kappa shape index (κ3) is 9.72. The second kappa shape index (κ2) is 19.4. The SMILES string of the molecule is Cc1ccnc(-c2ccc(CCc3cc(CCc4ccc(-c5ccccn5)cc4)cc(-c4ccccc4-c4ccc(-c5cc(-c6ccc(-c7ccccc7)cc6)c(C)cn5)cc4)c3)cc2)c1. The molecule has 3 aromatic heterocycles. The van der Waals surface area contributed by atoms with E-state index in [-0.39, 0.29) is 0 Å². The summed E-state index contributed by atoms with van der Waals surface area (Å²) in [5.41, 5.74) is 23.8. The van der Waals surface area contributed by atoms with Crippen LogP contribution in [-0.4, -0.2) is 15.0 Å². The molecule has 0 fully saturated rings. The van der Waals surface area contributed by atoms with Crippen LogP contribution in [-0.2, 0) is 25.7 Å². The van der Waals surface area contributed by atoms with Crippen molar-refractivity contribution in [2.45, 2.75) is 39.5 Å². The summed E-state index contributed by atoms with van der Waals surface area (Å²) < 4.78 is 0. The average molecular weight is 850 g/mol. The molecule has 10 aromatic rings. The fraction of sp³-hybridized carbons (Fsp3) is 0.0952. The first-order chi connectivity index (χ1) is 32.5. The van der Waals surface area contributed by atoms with Gasteiger partial charge in [-0.1, -0.05) is 176 Å². The van der Waals surface area contributed by atoms with Gasteiger partial charge in [-0.3, -0.25) is 15.0 Å². The van der Waals surface area contributed by atoms with Crippen LogP contribution in [0.3, 0.4) is 0 Å². The molecular formula is C63H51N3. The van der Waals surface area contributed by atoms with E-state index in [9.17, 15) is 0 Å². The first-order valence-corrected chi connectivity index (χ1v) is 23.0. The van der Waals surface area contributed by atoms with Gasteiger partial charge < -0.3 is 0 Å². The molecule has 0 aliphatic heterocycles. The Bertz CT molecular complexity index is 3210. The van der Waals surface area contributed by atoms with Crippen molar-refractivity contribution in [2.24, 2.45) is 0 Å². The predicted molar refractivity (Wildman–Crippen MR) is 275 cm³/mol. The molecule has 0 saturated heterocycles. The summed E-state index contributed by atoms with van der Waals surface area (Å²) in [5, 5.41) is 0. The van der Waals surface area contributed by atoms with Crippen LogP contribution in [0.4, 0.5) is 0 Å². The van der Waals surface area contributed by atoms with Crippen molar-refractivity contribution in [3.63, 3.8) is 0 Å². The number of benzene rings is 7. The lowest BCUT2D eigenvalue weighted by Crippen LogP contribution is -1.98. The van der Waals surface area contributed by atoms with Crippen LogP contribution in [0, 0.1) is 13.8 Å². The van der Waals surface area contributed by atoms with Gasteiger partial charge in [-0.15, -0.1) is 0 Å². The van der Waals surface area contributed by atoms with Gasteiger partial charge in [0.25, 0.3) is 0 Å². The molecule has 0 N–H and O–H groups in total. The Balaban J connectivity index is 0.918. The van der Waals surface area contributed by atoms with E-state index in [4.69, 9.17) is 4.98 Å². The van der Waals surface area contributed by atoms with Crippen molar-refractivity contribution >= 4 is 0 Å². The maximum Gasteiger partial charge on any atom is 0.0708 e. The van der Waals surface area contributed by atoms with E-state index in [1.54, 1.807) is 0 Å². The maximum absolute atomic E-state index is 4.90. The highest BCUT2D eigenvalue weighted by Crippen LogP contribution is 2.36. The molecule has 0 saturated carbocycles. The molecule has 0 spiro atoms. The van der Waals surface area contributed by atoms with Crippen molar-refractivity contribution in [2.75, 3.05) is 0 Å². The molecule has 66 heavy (non-hydrogen) atoms. The Hall–Kier alpha value is -8.01. The van der Waals surface area contributed by atoms with E-state index in [0.29, 0.717) is 0 Å². The zero-order valence-electron chi connectivity index (χ0n) is 37.5. The lowest BCUT2D eigenvalue weighted by atomic mass is 9.89. The van der Waals surface area contributed by atoms with Gasteiger partial charge in [-0.25, -0.2) is 0 Å². The van der Waals surface area contributed by atoms with Crippen LogP contribution >= 0.6 is 0 Å². The molecule has 318 valence electrons. The van der Waals surface area contributed by atoms with Gasteiger partial charge in [0.1, 0.15) is 0 Å². The smallest absolute Gasteiger partial charge is 0.0708 e. The largest absolute Gasteiger partial charge is 0.256 e. The number of pyridine rings is 3. The summed E-state index contributed by atoms with van der Waals surface area (Å²) in [5.74, 6) is 0. The van der Waals surface area contributed by atoms with Crippen molar-refractivity contribution in [1.29, 1.82) is 0 Å². The Morgan fingerprint density at radius 3 is 1.36 bits per heavy atom. The highest BCUT2D eigenvalue weighted by Gasteiger charge is 2.13. The number of aryl methyl sites for hydroxylation is 6. The fourth-order valence-corrected chi connectivity index (χ4v) is 8.97. The zero-order valence-corrected chi connectivity index (χ0v) is 37.5. The monoisotopic (exact) mass is 849 g/mol. The summed E-state index contributed by atoms with van der Waals surface area (Å²) in [7, 11) is 0. The van der Waals surface area contributed by atoms with Crippen LogP contribution in [0.5, 0.6) is 0 Å². The van der Waals surface area contributed by atoms with Crippen molar-refractivity contribution in [3.05, 3.63) is 258 Å². The Kier molecular flexibility index (Phi) is 12.3. The van der Waals surface area contributed by atoms with Gasteiger partial charge in [0.2, 0.25) is 0 Å². The molecule has 10 rings (SSSR count). The second-order valence-corrected chi connectivity index (χ2v) is 17.3. The fourth-order valence-electron chi connectivity index (χ4n) is 8.97. The van der Waals surface area contributed by atoms with Crippen molar-refractivity contribution < 1.29 is 0 Å². The Morgan fingerprint density at radius 1 is 0.288 bits per heavy atom. The third-order valence-corrected chi connectivity index (χ3v) is 12.7. The lowest BCUT2D eigenvalue weighted by molar-refractivity contribution is 0.931. The topological polar surface area (TPSA) is 38.7 Å². The van der Waals surface area contributed by atoms with Gasteiger partial charge in [-0.2, -0.15) is 0 Å². The van der Waals surface area contributed by atoms with Gasteiger partial charge >= 0.3 is 0 Å². The van der Waals surface area contributed by atoms with Gasteiger partial charge in [0.15, 0.2) is 0 Å². The Morgan fingerprint density at radius 2 is 0.758 bits per heavy atom. The standard InChI is InChI=1S/C63H51N3/c1-44-35-37-65-62(38-44)55-25-21-47(22-26-55)16-18-49-39-48(17-15-46-19-23-54(24-20-46)61-14-8-9-36-64-61)40-57(41-49)59-13-7-6-12-58(59)52-31-33-56(34-32-52)63-42-60(45(2)43-66-63)53-29-27-51(28-30-53)50-10-4-3-5-11-50/h3-14,19-43H,15-18H2,1-2H3. The molecule has 3 heteroatoms. The normalized spacial score (nSPS) is 11.1. The van der Waals surface area contributed by atoms with E-state index in [2.05, 4.69) is 212 Å². The lowest BCUT2D eigenvalue weighted by Gasteiger charge is -2.15. The van der Waals surface area contributed by atoms with E-state index < -0.39 is 0 Å². The summed E-state index contributed by atoms with van der Waals surface area (Å²) >= 11 is 0. The van der Waals surface area contributed by atoms with Gasteiger partial charge in [-0.05, 0) is 148 Å². The summed E-state index contributed by atoms with van der Waals surface area (Å²) in [6, 6.07) is 74.7. The molecule has 3 heterocycles. The minimum absolute atomic E-state index is 0.946. The summed E-state index contributed by atoms with van der Waals surface area (Å²) in [6.07, 6.45) is 9.54. The number of aromatic nitrogens is 3. The van der Waals surface area contributed by atoms with E-state index >= 15 is 0 Å². The highest BCUT2D eigenvalue weighted by molar-refractivity contribution is 5.85. The second-order valence-electron chi connectivity index (χ2n) is 17.3. The minimum atomic E-state index is 0.946. The molecule has 0 radical (unpaired) electrons. The summed E-state index contributed by atoms with van der Waals surface area (Å²) in [6.45, 7) is 4.25. The van der Waals surface area contributed by atoms with Crippen LogP contribution in [0.25, 0.3) is 78.3 Å². The minimum Gasteiger partial charge on any atom is -0.256 e. The number of hydrogen-bond acceptors (Lipinski definition) is 3. The Labute approximate surface area is 389 Å². The molecule has 3 nitrogen and oxygen atoms in total. The molecule has 0 aliphatic carbocycles. The molecule has 0 atom stereocenters. The molecule has 0 bridgehead atoms. The molecule has 7 aromatic carbocycles. The molecule has 0 amide bonds. The number of nitrogens with zero attached hydrogens (tertiary/aromatic N) is 3. The van der Waals surface area contributed by atoms with Gasteiger partial charge in [0, 0.05) is 35.3 Å². The van der Waals surface area contributed by atoms with E-state index in [1.807, 2.05) is 36.8 Å². The summed E-state index contributed by atoms with van der Waals surface area (Å²) in [4.78, 5) is 14.1. The van der Waals surface area contributed by atoms with Crippen LogP contribution in [0.1, 0.15) is 33.4 Å². The number of rotatable bonds is 13. The zero-order chi connectivity index (χ0) is 44.7. The quantitative estimate of drug-likeness (QED) is 0.116. The third-order valence-electron chi connectivity index (χ3n) is 12.7. The average Bonchev–Trinajstić information content (AvgIpc) is 3.38. The molecule has 0 unspecified atom stereocenters. The van der Waals surface area contributed by atoms with Crippen LogP contribution in [0.2, 0.25) is 0 Å². The molecular weight excluding hydrogens is 799 g/mol. The van der Waals surface area contributed by atoms with Crippen molar-refractivity contribution in [3.8, 4) is 78.3 Å². The van der Waals surface area contributed by atoms with Gasteiger partial charge in [0.05, 0.1) is 17.1 Å². The molecule has 0 aliphatic rings. The van der Waals surface area contributed by atoms with Crippen LogP contribution < -0.4 is 0 Å².